The van der Waals surface area contributed by atoms with Crippen LogP contribution in [0, 0.1) is 17.3 Å². The summed E-state index contributed by atoms with van der Waals surface area (Å²) in [7, 11) is 0. The van der Waals surface area contributed by atoms with Crippen molar-refractivity contribution in [2.75, 3.05) is 19.9 Å². The van der Waals surface area contributed by atoms with E-state index < -0.39 is 48.2 Å². The fraction of sp³-hybridized carbons (Fsp3) is 0.639. The highest BCUT2D eigenvalue weighted by Crippen LogP contribution is 2.59. The van der Waals surface area contributed by atoms with Crippen molar-refractivity contribution in [1.82, 2.24) is 10.6 Å². The van der Waals surface area contributed by atoms with Crippen molar-refractivity contribution < 1.29 is 43.5 Å². The Morgan fingerprint density at radius 3 is 2.60 bits per heavy atom. The van der Waals surface area contributed by atoms with Crippen molar-refractivity contribution >= 4 is 23.9 Å². The van der Waals surface area contributed by atoms with Gasteiger partial charge < -0.3 is 39.8 Å². The molecule has 9 atom stereocenters. The lowest BCUT2D eigenvalue weighted by Crippen LogP contribution is -2.54. The van der Waals surface area contributed by atoms with Crippen LogP contribution in [0.1, 0.15) is 82.1 Å². The van der Waals surface area contributed by atoms with Gasteiger partial charge in [-0.1, -0.05) is 37.6 Å². The van der Waals surface area contributed by atoms with E-state index in [0.717, 1.165) is 24.8 Å². The van der Waals surface area contributed by atoms with Gasteiger partial charge in [-0.3, -0.25) is 9.59 Å². The molecule has 0 aromatic heterocycles. The molecule has 2 heterocycles. The molecular weight excluding hydrogens is 604 g/mol. The Kier molecular flexibility index (Phi) is 9.66. The summed E-state index contributed by atoms with van der Waals surface area (Å²) < 4.78 is 23.3. The van der Waals surface area contributed by atoms with Gasteiger partial charge >= 0.3 is 5.97 Å². The molecule has 3 aliphatic carbocycles. The van der Waals surface area contributed by atoms with Crippen LogP contribution in [0.4, 0.5) is 0 Å². The number of esters is 1. The topological polar surface area (TPSA) is 156 Å². The average Bonchev–Trinajstić information content (AvgIpc) is 3.41. The summed E-state index contributed by atoms with van der Waals surface area (Å²) >= 11 is 0. The van der Waals surface area contributed by atoms with Crippen LogP contribution in [0.15, 0.2) is 41.5 Å². The van der Waals surface area contributed by atoms with Crippen molar-refractivity contribution in [3.8, 4) is 0 Å². The Bertz CT molecular complexity index is 1420. The molecule has 0 radical (unpaired) electrons. The minimum absolute atomic E-state index is 0.0108. The lowest BCUT2D eigenvalue weighted by Gasteiger charge is -2.53. The third-order valence-corrected chi connectivity index (χ3v) is 10.9. The van der Waals surface area contributed by atoms with Crippen molar-refractivity contribution in [2.45, 2.75) is 108 Å². The van der Waals surface area contributed by atoms with Gasteiger partial charge in [0.15, 0.2) is 0 Å². The highest BCUT2D eigenvalue weighted by Gasteiger charge is 2.56. The van der Waals surface area contributed by atoms with E-state index in [1.807, 2.05) is 12.1 Å². The first kappa shape index (κ1) is 33.8. The maximum absolute atomic E-state index is 13.3. The second kappa shape index (κ2) is 13.4. The van der Waals surface area contributed by atoms with Crippen LogP contribution in [0.2, 0.25) is 0 Å². The number of aliphatic hydroxyl groups is 2. The molecule has 2 saturated heterocycles. The quantitative estimate of drug-likeness (QED) is 0.233. The lowest BCUT2D eigenvalue weighted by atomic mass is 9.52. The van der Waals surface area contributed by atoms with Gasteiger partial charge in [0.2, 0.25) is 11.8 Å². The smallest absolute Gasteiger partial charge is 0.338 e. The number of hydrogen-bond acceptors (Lipinski definition) is 9. The number of fused-ring (bicyclic) bond motifs is 3. The number of aliphatic hydroxyl groups excluding tert-OH is 2. The minimum Gasteiger partial charge on any atom is -0.456 e. The number of hydrogen-bond donors (Lipinski definition) is 4. The predicted molar refractivity (Wildman–Crippen MR) is 172 cm³/mol. The van der Waals surface area contributed by atoms with Crippen LogP contribution in [0.5, 0.6) is 0 Å². The number of epoxide rings is 1. The zero-order valence-corrected chi connectivity index (χ0v) is 27.7. The Morgan fingerprint density at radius 1 is 1.13 bits per heavy atom. The van der Waals surface area contributed by atoms with E-state index in [1.165, 1.54) is 25.3 Å². The zero-order valence-electron chi connectivity index (χ0n) is 27.7. The molecule has 0 bridgehead atoms. The molecule has 6 rings (SSSR count). The van der Waals surface area contributed by atoms with E-state index in [1.54, 1.807) is 18.2 Å². The Hall–Kier alpha value is -3.09. The van der Waals surface area contributed by atoms with E-state index in [-0.39, 0.29) is 37.5 Å². The van der Waals surface area contributed by atoms with Gasteiger partial charge in [-0.15, -0.1) is 0 Å². The molecule has 2 saturated carbocycles. The Morgan fingerprint density at radius 2 is 1.89 bits per heavy atom. The van der Waals surface area contributed by atoms with Crippen molar-refractivity contribution in [3.63, 3.8) is 0 Å². The van der Waals surface area contributed by atoms with Gasteiger partial charge in [0.05, 0.1) is 30.0 Å². The van der Waals surface area contributed by atoms with Gasteiger partial charge in [-0.2, -0.15) is 0 Å². The molecule has 11 heteroatoms. The fourth-order valence-electron chi connectivity index (χ4n) is 7.99. The number of carbonyl (C=O) groups is 3. The maximum atomic E-state index is 13.3. The van der Waals surface area contributed by atoms with Crippen molar-refractivity contribution in [1.29, 1.82) is 0 Å². The van der Waals surface area contributed by atoms with E-state index in [0.29, 0.717) is 28.9 Å². The number of allylic oxidation sites excluding steroid dienone is 1. The molecule has 0 spiro atoms. The third kappa shape index (κ3) is 7.19. The molecule has 11 nitrogen and oxygen atoms in total. The number of benzene rings is 1. The number of ether oxygens (including phenoxy) is 4. The lowest BCUT2D eigenvalue weighted by molar-refractivity contribution is -0.130. The molecule has 47 heavy (non-hydrogen) atoms. The first-order valence-electron chi connectivity index (χ1n) is 16.9. The Balaban J connectivity index is 1.11. The molecule has 1 aromatic carbocycles. The monoisotopic (exact) mass is 652 g/mol. The van der Waals surface area contributed by atoms with Crippen LogP contribution in [-0.4, -0.2) is 90.1 Å². The molecule has 2 aliphatic heterocycles. The molecule has 4 N–H and O–H groups in total. The summed E-state index contributed by atoms with van der Waals surface area (Å²) in [6.45, 7) is 8.10. The highest BCUT2D eigenvalue weighted by molar-refractivity contribution is 5.97. The van der Waals surface area contributed by atoms with Crippen LogP contribution >= 0.6 is 0 Å². The first-order valence-corrected chi connectivity index (χ1v) is 16.9. The standard InChI is InChI=1S/C36H48N2O9/c1-20(40)30(33(42)37-13-14-39)38-32(41)24-16-27-31(45-19-44-27)28(17-24)46-34(43)22-7-5-21(6-8-22)15-23-9-10-29-36(4,47-29)12-11-26-25(23)18-35(26,2)3/h5-8,15-16,20,25-31,39-40H,9-14,17-19H2,1-4H3,(H,37,42)(H,38,41)/t20-,25+,26+,27+,28+,29?,30+,31+,36+/m0/s1. The number of rotatable bonds is 9. The van der Waals surface area contributed by atoms with E-state index >= 15 is 0 Å². The summed E-state index contributed by atoms with van der Waals surface area (Å²) in [4.78, 5) is 39.0. The summed E-state index contributed by atoms with van der Waals surface area (Å²) in [6.07, 6.45) is 6.65. The van der Waals surface area contributed by atoms with Gasteiger partial charge in [-0.05, 0) is 87.0 Å². The molecule has 256 valence electrons. The van der Waals surface area contributed by atoms with E-state index in [9.17, 15) is 19.5 Å². The summed E-state index contributed by atoms with van der Waals surface area (Å²) in [5.74, 6) is -0.535. The maximum Gasteiger partial charge on any atom is 0.338 e. The summed E-state index contributed by atoms with van der Waals surface area (Å²) in [5, 5.41) is 24.1. The zero-order chi connectivity index (χ0) is 33.5. The molecule has 1 aromatic rings. The van der Waals surface area contributed by atoms with Crippen molar-refractivity contribution in [2.24, 2.45) is 17.3 Å². The second-order valence-corrected chi connectivity index (χ2v) is 14.7. The van der Waals surface area contributed by atoms with Gasteiger partial charge in [0, 0.05) is 18.5 Å². The van der Waals surface area contributed by atoms with Gasteiger partial charge in [0.25, 0.3) is 0 Å². The molecule has 2 amide bonds. The average molecular weight is 653 g/mol. The van der Waals surface area contributed by atoms with Gasteiger partial charge in [0.1, 0.15) is 31.1 Å². The predicted octanol–water partition coefficient (Wildman–Crippen LogP) is 3.03. The minimum atomic E-state index is -1.24. The van der Waals surface area contributed by atoms with E-state index in [4.69, 9.17) is 24.1 Å². The summed E-state index contributed by atoms with van der Waals surface area (Å²) in [6, 6.07) is 6.19. The SMILES string of the molecule is C[C@H](O)[C@@H](NC(=O)C1=C[C@H]2OCO[C@H]2[C@H](OC(=O)c2ccc(C=C3CCC4O[C@]4(C)CC[C@@H]4[C@@H]3CC4(C)C)cc2)C1)C(=O)NCCO. The van der Waals surface area contributed by atoms with Crippen molar-refractivity contribution in [3.05, 3.63) is 52.6 Å². The largest absolute Gasteiger partial charge is 0.456 e. The first-order chi connectivity index (χ1) is 22.4. The number of amides is 2. The molecule has 5 aliphatic rings. The molecular formula is C36H48N2O9. The van der Waals surface area contributed by atoms with Crippen LogP contribution in [0.25, 0.3) is 6.08 Å². The highest BCUT2D eigenvalue weighted by atomic mass is 16.7. The van der Waals surface area contributed by atoms with Crippen LogP contribution in [-0.2, 0) is 28.5 Å². The number of carbonyl (C=O) groups excluding carboxylic acids is 3. The van der Waals surface area contributed by atoms with E-state index in [2.05, 4.69) is 37.5 Å². The normalized spacial score (nSPS) is 34.4. The van der Waals surface area contributed by atoms with Crippen LogP contribution in [0.3, 0.4) is 0 Å². The fourth-order valence-corrected chi connectivity index (χ4v) is 7.99. The third-order valence-electron chi connectivity index (χ3n) is 10.9. The van der Waals surface area contributed by atoms with Crippen LogP contribution < -0.4 is 10.6 Å². The Labute approximate surface area is 276 Å². The second-order valence-electron chi connectivity index (χ2n) is 14.7. The summed E-state index contributed by atoms with van der Waals surface area (Å²) in [5.41, 5.74) is 3.52. The van der Waals surface area contributed by atoms with Gasteiger partial charge in [-0.25, -0.2) is 4.79 Å². The molecule has 1 unspecified atom stereocenters. The number of nitrogens with one attached hydrogen (secondary N) is 2. The molecule has 4 fully saturated rings.